The molecule has 0 atom stereocenters. The van der Waals surface area contributed by atoms with Gasteiger partial charge in [-0.15, -0.1) is 0 Å². The SMILES string of the molecule is CCCc1onc(C2CCCCC2)c1C(=O)O. The fraction of sp³-hybridized carbons (Fsp3) is 0.692. The van der Waals surface area contributed by atoms with Crippen LogP contribution in [0.3, 0.4) is 0 Å². The summed E-state index contributed by atoms with van der Waals surface area (Å²) < 4.78 is 5.22. The van der Waals surface area contributed by atoms with E-state index in [1.54, 1.807) is 0 Å². The summed E-state index contributed by atoms with van der Waals surface area (Å²) in [4.78, 5) is 11.3. The Kier molecular flexibility index (Phi) is 3.82. The molecule has 1 heterocycles. The summed E-state index contributed by atoms with van der Waals surface area (Å²) in [6.07, 6.45) is 7.19. The number of hydrogen-bond donors (Lipinski definition) is 1. The molecular formula is C13H19NO3. The first-order chi connectivity index (χ1) is 8.24. The van der Waals surface area contributed by atoms with Crippen LogP contribution in [0.4, 0.5) is 0 Å². The fourth-order valence-electron chi connectivity index (χ4n) is 2.62. The maximum Gasteiger partial charge on any atom is 0.341 e. The van der Waals surface area contributed by atoms with Gasteiger partial charge in [0, 0.05) is 12.3 Å². The Morgan fingerprint density at radius 2 is 2.12 bits per heavy atom. The second-order valence-corrected chi connectivity index (χ2v) is 4.76. The molecule has 0 unspecified atom stereocenters. The second-order valence-electron chi connectivity index (χ2n) is 4.76. The number of hydrogen-bond acceptors (Lipinski definition) is 3. The van der Waals surface area contributed by atoms with Gasteiger partial charge in [-0.3, -0.25) is 0 Å². The van der Waals surface area contributed by atoms with Crippen LogP contribution in [0.1, 0.15) is 73.2 Å². The molecule has 0 aliphatic heterocycles. The van der Waals surface area contributed by atoms with E-state index in [1.165, 1.54) is 19.3 Å². The van der Waals surface area contributed by atoms with Crippen molar-refractivity contribution in [2.75, 3.05) is 0 Å². The van der Waals surface area contributed by atoms with Crippen molar-refractivity contribution in [2.45, 2.75) is 57.8 Å². The van der Waals surface area contributed by atoms with Crippen LogP contribution in [0.2, 0.25) is 0 Å². The van der Waals surface area contributed by atoms with Gasteiger partial charge in [-0.2, -0.15) is 0 Å². The molecule has 17 heavy (non-hydrogen) atoms. The van der Waals surface area contributed by atoms with Crippen molar-refractivity contribution in [3.05, 3.63) is 17.0 Å². The number of rotatable bonds is 4. The summed E-state index contributed by atoms with van der Waals surface area (Å²) in [7, 11) is 0. The number of nitrogens with zero attached hydrogens (tertiary/aromatic N) is 1. The zero-order valence-electron chi connectivity index (χ0n) is 10.2. The fourth-order valence-corrected chi connectivity index (χ4v) is 2.62. The average molecular weight is 237 g/mol. The lowest BCUT2D eigenvalue weighted by molar-refractivity contribution is 0.0692. The molecule has 0 bridgehead atoms. The summed E-state index contributed by atoms with van der Waals surface area (Å²) >= 11 is 0. The molecule has 4 heteroatoms. The van der Waals surface area contributed by atoms with Gasteiger partial charge in [-0.1, -0.05) is 31.3 Å². The van der Waals surface area contributed by atoms with Crippen LogP contribution in [0.25, 0.3) is 0 Å². The summed E-state index contributed by atoms with van der Waals surface area (Å²) in [5, 5.41) is 13.3. The molecule has 1 aliphatic carbocycles. The van der Waals surface area contributed by atoms with Gasteiger partial charge in [0.15, 0.2) is 5.76 Å². The van der Waals surface area contributed by atoms with Crippen molar-refractivity contribution in [1.29, 1.82) is 0 Å². The maximum absolute atomic E-state index is 11.3. The van der Waals surface area contributed by atoms with Gasteiger partial charge < -0.3 is 9.63 Å². The Morgan fingerprint density at radius 3 is 2.71 bits per heavy atom. The molecule has 1 fully saturated rings. The molecule has 0 saturated heterocycles. The predicted molar refractivity (Wildman–Crippen MR) is 63.3 cm³/mol. The molecule has 94 valence electrons. The number of aryl methyl sites for hydroxylation is 1. The number of carbonyl (C=O) groups is 1. The van der Waals surface area contributed by atoms with Crippen molar-refractivity contribution in [2.24, 2.45) is 0 Å². The van der Waals surface area contributed by atoms with Gasteiger partial charge in [0.25, 0.3) is 0 Å². The van der Waals surface area contributed by atoms with E-state index >= 15 is 0 Å². The highest BCUT2D eigenvalue weighted by molar-refractivity contribution is 5.90. The highest BCUT2D eigenvalue weighted by Gasteiger charge is 2.28. The maximum atomic E-state index is 11.3. The Labute approximate surface area is 101 Å². The number of aromatic nitrogens is 1. The van der Waals surface area contributed by atoms with Gasteiger partial charge in [0.2, 0.25) is 0 Å². The van der Waals surface area contributed by atoms with E-state index < -0.39 is 5.97 Å². The smallest absolute Gasteiger partial charge is 0.341 e. The molecule has 1 saturated carbocycles. The van der Waals surface area contributed by atoms with E-state index in [9.17, 15) is 9.90 Å². The van der Waals surface area contributed by atoms with Gasteiger partial charge >= 0.3 is 5.97 Å². The van der Waals surface area contributed by atoms with Gasteiger partial charge in [0.05, 0.1) is 0 Å². The monoisotopic (exact) mass is 237 g/mol. The average Bonchev–Trinajstić information content (AvgIpc) is 2.74. The van der Waals surface area contributed by atoms with Crippen LogP contribution in [-0.2, 0) is 6.42 Å². The minimum absolute atomic E-state index is 0.282. The lowest BCUT2D eigenvalue weighted by Crippen LogP contribution is -2.11. The zero-order valence-corrected chi connectivity index (χ0v) is 10.2. The van der Waals surface area contributed by atoms with E-state index in [4.69, 9.17) is 4.52 Å². The van der Waals surface area contributed by atoms with E-state index in [0.29, 0.717) is 23.4 Å². The van der Waals surface area contributed by atoms with Gasteiger partial charge in [-0.25, -0.2) is 4.79 Å². The van der Waals surface area contributed by atoms with Crippen molar-refractivity contribution < 1.29 is 14.4 Å². The predicted octanol–water partition coefficient (Wildman–Crippen LogP) is 3.37. The third kappa shape index (κ3) is 2.51. The first kappa shape index (κ1) is 12.1. The largest absolute Gasteiger partial charge is 0.477 e. The van der Waals surface area contributed by atoms with Crippen LogP contribution >= 0.6 is 0 Å². The Bertz CT molecular complexity index is 391. The summed E-state index contributed by atoms with van der Waals surface area (Å²) in [6.45, 7) is 2.01. The molecule has 0 radical (unpaired) electrons. The topological polar surface area (TPSA) is 63.3 Å². The van der Waals surface area contributed by atoms with Crippen molar-refractivity contribution >= 4 is 5.97 Å². The Morgan fingerprint density at radius 1 is 1.41 bits per heavy atom. The highest BCUT2D eigenvalue weighted by atomic mass is 16.5. The van der Waals surface area contributed by atoms with Crippen LogP contribution in [0, 0.1) is 0 Å². The van der Waals surface area contributed by atoms with Crippen molar-refractivity contribution in [1.82, 2.24) is 5.16 Å². The van der Waals surface area contributed by atoms with E-state index in [0.717, 1.165) is 19.3 Å². The first-order valence-electron chi connectivity index (χ1n) is 6.45. The highest BCUT2D eigenvalue weighted by Crippen LogP contribution is 2.35. The van der Waals surface area contributed by atoms with Gasteiger partial charge in [-0.05, 0) is 19.3 Å². The molecule has 1 aromatic rings. The van der Waals surface area contributed by atoms with Crippen molar-refractivity contribution in [3.8, 4) is 0 Å². The summed E-state index contributed by atoms with van der Waals surface area (Å²) in [5.74, 6) is -0.0694. The minimum Gasteiger partial charge on any atom is -0.477 e. The third-order valence-corrected chi connectivity index (χ3v) is 3.47. The molecule has 0 amide bonds. The van der Waals surface area contributed by atoms with E-state index in [2.05, 4.69) is 5.16 Å². The number of carboxylic acid groups (broad SMARTS) is 1. The van der Waals surface area contributed by atoms with Crippen LogP contribution in [0.5, 0.6) is 0 Å². The molecule has 2 rings (SSSR count). The molecule has 1 aromatic heterocycles. The molecule has 0 spiro atoms. The Balaban J connectivity index is 2.29. The molecule has 1 N–H and O–H groups in total. The lowest BCUT2D eigenvalue weighted by Gasteiger charge is -2.19. The summed E-state index contributed by atoms with van der Waals surface area (Å²) in [6, 6.07) is 0. The second kappa shape index (κ2) is 5.34. The van der Waals surface area contributed by atoms with E-state index in [-0.39, 0.29) is 5.92 Å². The van der Waals surface area contributed by atoms with E-state index in [1.807, 2.05) is 6.92 Å². The lowest BCUT2D eigenvalue weighted by atomic mass is 9.85. The minimum atomic E-state index is -0.893. The Hall–Kier alpha value is -1.32. The summed E-state index contributed by atoms with van der Waals surface area (Å²) in [5.41, 5.74) is 1.01. The van der Waals surface area contributed by atoms with Crippen molar-refractivity contribution in [3.63, 3.8) is 0 Å². The normalized spacial score (nSPS) is 17.2. The zero-order chi connectivity index (χ0) is 12.3. The quantitative estimate of drug-likeness (QED) is 0.872. The first-order valence-corrected chi connectivity index (χ1v) is 6.45. The number of carboxylic acids is 1. The van der Waals surface area contributed by atoms with Crippen LogP contribution < -0.4 is 0 Å². The standard InChI is InChI=1S/C13H19NO3/c1-2-6-10-11(13(15)16)12(14-17-10)9-7-4-3-5-8-9/h9H,2-8H2,1H3,(H,15,16). The number of aromatic carboxylic acids is 1. The molecule has 4 nitrogen and oxygen atoms in total. The van der Waals surface area contributed by atoms with Crippen LogP contribution in [0.15, 0.2) is 4.52 Å². The van der Waals surface area contributed by atoms with Crippen LogP contribution in [-0.4, -0.2) is 16.2 Å². The third-order valence-electron chi connectivity index (χ3n) is 3.47. The molecular weight excluding hydrogens is 218 g/mol. The molecule has 1 aliphatic rings. The van der Waals surface area contributed by atoms with Gasteiger partial charge in [0.1, 0.15) is 11.3 Å². The molecule has 0 aromatic carbocycles.